The summed E-state index contributed by atoms with van der Waals surface area (Å²) < 4.78 is 58.7. The van der Waals surface area contributed by atoms with E-state index in [0.29, 0.717) is 48.1 Å². The first-order valence-electron chi connectivity index (χ1n) is 11.1. The van der Waals surface area contributed by atoms with Gasteiger partial charge < -0.3 is 20.8 Å². The number of aromatic nitrogens is 1. The summed E-state index contributed by atoms with van der Waals surface area (Å²) in [5.41, 5.74) is 9.17. The third-order valence-corrected chi connectivity index (χ3v) is 6.29. The largest absolute Gasteiger partial charge is 0.492 e. The first-order chi connectivity index (χ1) is 16.3. The zero-order valence-electron chi connectivity index (χ0n) is 18.5. The molecule has 2 aromatic carbocycles. The second kappa shape index (κ2) is 10.5. The van der Waals surface area contributed by atoms with E-state index in [4.69, 9.17) is 22.1 Å². The molecule has 34 heavy (non-hydrogen) atoms. The highest BCUT2D eigenvalue weighted by Crippen LogP contribution is 2.43. The quantitative estimate of drug-likeness (QED) is 0.289. The highest BCUT2D eigenvalue weighted by atomic mass is 35.5. The van der Waals surface area contributed by atoms with Gasteiger partial charge in [0.15, 0.2) is 0 Å². The number of nitrogens with zero attached hydrogens (tertiary/aromatic N) is 1. The van der Waals surface area contributed by atoms with E-state index in [1.807, 2.05) is 24.3 Å². The van der Waals surface area contributed by atoms with Gasteiger partial charge in [0.1, 0.15) is 12.4 Å². The minimum absolute atomic E-state index is 0.282. The van der Waals surface area contributed by atoms with Crippen molar-refractivity contribution in [3.8, 4) is 5.75 Å². The van der Waals surface area contributed by atoms with Crippen molar-refractivity contribution < 1.29 is 22.3 Å². The van der Waals surface area contributed by atoms with Crippen molar-refractivity contribution in [2.24, 2.45) is 5.73 Å². The van der Waals surface area contributed by atoms with Crippen molar-refractivity contribution >= 4 is 22.5 Å². The molecule has 0 saturated heterocycles. The molecule has 0 amide bonds. The van der Waals surface area contributed by atoms with Crippen LogP contribution in [-0.2, 0) is 6.42 Å². The van der Waals surface area contributed by atoms with E-state index in [2.05, 4.69) is 10.3 Å². The third-order valence-electron chi connectivity index (χ3n) is 5.95. The van der Waals surface area contributed by atoms with Gasteiger partial charge in [0.05, 0.1) is 25.4 Å². The fourth-order valence-corrected chi connectivity index (χ4v) is 4.71. The number of aromatic amines is 1. The van der Waals surface area contributed by atoms with Crippen LogP contribution in [0.25, 0.3) is 10.9 Å². The van der Waals surface area contributed by atoms with E-state index in [0.717, 1.165) is 16.5 Å². The lowest BCUT2D eigenvalue weighted by Crippen LogP contribution is -2.52. The van der Waals surface area contributed by atoms with Gasteiger partial charge in [0.25, 0.3) is 0 Å². The predicted molar refractivity (Wildman–Crippen MR) is 125 cm³/mol. The molecule has 0 unspecified atom stereocenters. The molecule has 0 radical (unpaired) electrons. The lowest BCUT2D eigenvalue weighted by molar-refractivity contribution is -0.156. The Bertz CT molecular complexity index is 1120. The van der Waals surface area contributed by atoms with E-state index >= 15 is 0 Å². The summed E-state index contributed by atoms with van der Waals surface area (Å²) in [5, 5.41) is 4.33. The maximum atomic E-state index is 13.6. The van der Waals surface area contributed by atoms with Crippen molar-refractivity contribution in [3.63, 3.8) is 0 Å². The van der Waals surface area contributed by atoms with E-state index in [9.17, 15) is 17.6 Å². The molecule has 0 bridgehead atoms. The smallest absolute Gasteiger partial charge is 0.401 e. The molecule has 0 saturated carbocycles. The number of para-hydroxylation sites is 1. The fraction of sp³-hybridized carbons (Fsp3) is 0.417. The van der Waals surface area contributed by atoms with Crippen LogP contribution in [0, 0.1) is 0 Å². The maximum absolute atomic E-state index is 13.6. The Labute approximate surface area is 200 Å². The number of alkyl halides is 4. The van der Waals surface area contributed by atoms with E-state index < -0.39 is 24.9 Å². The van der Waals surface area contributed by atoms with Gasteiger partial charge in [-0.05, 0) is 48.4 Å². The molecule has 0 spiro atoms. The maximum Gasteiger partial charge on any atom is 0.401 e. The Kier molecular flexibility index (Phi) is 7.67. The Morgan fingerprint density at radius 3 is 2.74 bits per heavy atom. The van der Waals surface area contributed by atoms with Crippen molar-refractivity contribution in [2.45, 2.75) is 31.2 Å². The minimum atomic E-state index is -4.44. The average Bonchev–Trinajstić information content (AvgIpc) is 3.15. The lowest BCUT2D eigenvalue weighted by Gasteiger charge is -2.41. The van der Waals surface area contributed by atoms with Crippen LogP contribution in [0.1, 0.15) is 29.3 Å². The number of nitrogens with two attached hydrogens (primary N) is 1. The number of hydrogen-bond acceptors (Lipinski definition) is 4. The van der Waals surface area contributed by atoms with Crippen molar-refractivity contribution in [2.75, 3.05) is 32.9 Å². The fourth-order valence-electron chi connectivity index (χ4n) is 4.49. The monoisotopic (exact) mass is 498 g/mol. The molecule has 184 valence electrons. The zero-order chi connectivity index (χ0) is 24.3. The number of hydrogen-bond donors (Lipinski definition) is 3. The molecule has 1 aliphatic rings. The number of rotatable bonds is 9. The van der Waals surface area contributed by atoms with Gasteiger partial charge in [-0.2, -0.15) is 13.2 Å². The average molecular weight is 499 g/mol. The number of nitrogens with one attached hydrogen (secondary N) is 2. The number of fused-ring (bicyclic) bond motifs is 3. The minimum Gasteiger partial charge on any atom is -0.492 e. The summed E-state index contributed by atoms with van der Waals surface area (Å²) in [6, 6.07) is 11.7. The van der Waals surface area contributed by atoms with Crippen LogP contribution in [0.15, 0.2) is 42.5 Å². The van der Waals surface area contributed by atoms with Crippen LogP contribution < -0.4 is 15.8 Å². The standard InChI is InChI=1S/C24H27ClF4N4O/c25-19-7-6-15(34-11-10-31-9-3-8-26)12-18(19)23-22-17(16-4-1-2-5-20(16)32-22)13-21(30)33(23)14-24(27,28)29/h1-2,4-7,12,21,23,31-32H,3,8-11,13-14,30H2/t21-,23+/m0/s1. The van der Waals surface area contributed by atoms with Crippen LogP contribution in [0.3, 0.4) is 0 Å². The van der Waals surface area contributed by atoms with E-state index in [-0.39, 0.29) is 13.1 Å². The third kappa shape index (κ3) is 5.49. The summed E-state index contributed by atoms with van der Waals surface area (Å²) in [6.07, 6.45) is -4.58. The highest BCUT2D eigenvalue weighted by Gasteiger charge is 2.42. The van der Waals surface area contributed by atoms with Gasteiger partial charge in [-0.1, -0.05) is 29.8 Å². The van der Waals surface area contributed by atoms with Crippen LogP contribution in [0.2, 0.25) is 5.02 Å². The summed E-state index contributed by atoms with van der Waals surface area (Å²) >= 11 is 6.53. The van der Waals surface area contributed by atoms with E-state index in [1.54, 1.807) is 18.2 Å². The van der Waals surface area contributed by atoms with Crippen LogP contribution >= 0.6 is 11.6 Å². The Morgan fingerprint density at radius 2 is 1.97 bits per heavy atom. The first-order valence-corrected chi connectivity index (χ1v) is 11.5. The first kappa shape index (κ1) is 24.8. The SMILES string of the molecule is N[C@@H]1Cc2c([nH]c3ccccc23)[C@@H](c2cc(OCCNCCCF)ccc2Cl)N1CC(F)(F)F. The molecule has 10 heteroatoms. The molecule has 0 fully saturated rings. The Morgan fingerprint density at radius 1 is 1.18 bits per heavy atom. The second-order valence-electron chi connectivity index (χ2n) is 8.35. The van der Waals surface area contributed by atoms with Crippen molar-refractivity contribution in [1.82, 2.24) is 15.2 Å². The summed E-state index contributed by atoms with van der Waals surface area (Å²) in [5.74, 6) is 0.482. The van der Waals surface area contributed by atoms with Crippen molar-refractivity contribution in [3.05, 3.63) is 64.3 Å². The van der Waals surface area contributed by atoms with Crippen LogP contribution in [0.5, 0.6) is 5.75 Å². The summed E-state index contributed by atoms with van der Waals surface area (Å²) in [4.78, 5) is 4.55. The van der Waals surface area contributed by atoms with Gasteiger partial charge in [-0.15, -0.1) is 0 Å². The van der Waals surface area contributed by atoms with Gasteiger partial charge in [-0.3, -0.25) is 9.29 Å². The molecule has 2 atom stereocenters. The molecule has 2 heterocycles. The normalized spacial score (nSPS) is 18.9. The number of ether oxygens (including phenoxy) is 1. The predicted octanol–water partition coefficient (Wildman–Crippen LogP) is 4.94. The van der Waals surface area contributed by atoms with Gasteiger partial charge in [0, 0.05) is 34.6 Å². The summed E-state index contributed by atoms with van der Waals surface area (Å²) in [7, 11) is 0. The number of halogens is 5. The highest BCUT2D eigenvalue weighted by molar-refractivity contribution is 6.31. The van der Waals surface area contributed by atoms with E-state index in [1.165, 1.54) is 4.90 Å². The lowest BCUT2D eigenvalue weighted by atomic mass is 9.90. The van der Waals surface area contributed by atoms with Crippen LogP contribution in [0.4, 0.5) is 17.6 Å². The second-order valence-corrected chi connectivity index (χ2v) is 8.76. The topological polar surface area (TPSA) is 66.3 Å². The molecule has 1 aromatic heterocycles. The molecular formula is C24H27ClF4N4O. The van der Waals surface area contributed by atoms with Gasteiger partial charge >= 0.3 is 6.18 Å². The number of H-pyrrole nitrogens is 1. The van der Waals surface area contributed by atoms with Gasteiger partial charge in [0.2, 0.25) is 0 Å². The Hall–Kier alpha value is -2.33. The molecule has 5 nitrogen and oxygen atoms in total. The summed E-state index contributed by atoms with van der Waals surface area (Å²) in [6.45, 7) is -0.184. The molecule has 4 N–H and O–H groups in total. The molecule has 1 aliphatic heterocycles. The molecule has 3 aromatic rings. The van der Waals surface area contributed by atoms with Crippen molar-refractivity contribution in [1.29, 1.82) is 0 Å². The zero-order valence-corrected chi connectivity index (χ0v) is 19.2. The molecule has 4 rings (SSSR count). The van der Waals surface area contributed by atoms with Crippen LogP contribution in [-0.4, -0.2) is 55.1 Å². The van der Waals surface area contributed by atoms with Gasteiger partial charge in [-0.25, -0.2) is 0 Å². The Balaban J connectivity index is 1.69. The number of benzene rings is 2. The molecular weight excluding hydrogens is 472 g/mol. The molecule has 0 aliphatic carbocycles.